The third-order valence-corrected chi connectivity index (χ3v) is 4.61. The van der Waals surface area contributed by atoms with Gasteiger partial charge in [0.15, 0.2) is 0 Å². The van der Waals surface area contributed by atoms with Gasteiger partial charge in [-0.05, 0) is 25.5 Å². The molecule has 2 rings (SSSR count). The van der Waals surface area contributed by atoms with E-state index in [0.29, 0.717) is 6.04 Å². The van der Waals surface area contributed by atoms with E-state index in [0.717, 1.165) is 13.1 Å². The average molecular weight is 252 g/mol. The van der Waals surface area contributed by atoms with Gasteiger partial charge in [-0.3, -0.25) is 4.90 Å². The van der Waals surface area contributed by atoms with E-state index in [1.807, 2.05) is 11.3 Å². The third kappa shape index (κ3) is 3.54. The minimum absolute atomic E-state index is 0.663. The van der Waals surface area contributed by atoms with Crippen molar-refractivity contribution >= 4 is 11.3 Å². The lowest BCUT2D eigenvalue weighted by Gasteiger charge is -2.34. The number of hydrogen-bond donors (Lipinski definition) is 1. The molecule has 0 aromatic carbocycles. The minimum Gasteiger partial charge on any atom is -0.314 e. The first kappa shape index (κ1) is 13.1. The fourth-order valence-electron chi connectivity index (χ4n) is 2.53. The molecule has 17 heavy (non-hydrogen) atoms. The van der Waals surface area contributed by atoms with Crippen LogP contribution in [0, 0.1) is 6.92 Å². The predicted molar refractivity (Wildman–Crippen MR) is 75.8 cm³/mol. The standard InChI is InChI=1S/C14H24N2S/c1-3-4-5-13(14-7-6-12(2)17-14)16-10-8-15-9-11-16/h6-7,13,15H,3-5,8-11H2,1-2H3/t13-/m1/s1. The van der Waals surface area contributed by atoms with Crippen LogP contribution in [0.1, 0.15) is 42.0 Å². The molecule has 0 spiro atoms. The summed E-state index contributed by atoms with van der Waals surface area (Å²) in [5.74, 6) is 0. The SMILES string of the molecule is CCCC[C@H](c1ccc(C)s1)N1CCNCC1. The number of piperazine rings is 1. The summed E-state index contributed by atoms with van der Waals surface area (Å²) in [4.78, 5) is 5.67. The van der Waals surface area contributed by atoms with Crippen molar-refractivity contribution in [3.05, 3.63) is 21.9 Å². The molecule has 0 unspecified atom stereocenters. The highest BCUT2D eigenvalue weighted by molar-refractivity contribution is 7.12. The Bertz CT molecular complexity index is 329. The molecule has 1 saturated heterocycles. The summed E-state index contributed by atoms with van der Waals surface area (Å²) in [6.07, 6.45) is 3.95. The van der Waals surface area contributed by atoms with Crippen LogP contribution in [0.25, 0.3) is 0 Å². The highest BCUT2D eigenvalue weighted by atomic mass is 32.1. The summed E-state index contributed by atoms with van der Waals surface area (Å²) in [6, 6.07) is 5.26. The van der Waals surface area contributed by atoms with Gasteiger partial charge in [0.25, 0.3) is 0 Å². The van der Waals surface area contributed by atoms with Gasteiger partial charge in [0.1, 0.15) is 0 Å². The van der Waals surface area contributed by atoms with Crippen LogP contribution >= 0.6 is 11.3 Å². The minimum atomic E-state index is 0.663. The molecular formula is C14H24N2S. The highest BCUT2D eigenvalue weighted by Gasteiger charge is 2.22. The van der Waals surface area contributed by atoms with Crippen LogP contribution in [-0.2, 0) is 0 Å². The molecular weight excluding hydrogens is 228 g/mol. The molecule has 0 aliphatic carbocycles. The van der Waals surface area contributed by atoms with Crippen molar-refractivity contribution in [3.8, 4) is 0 Å². The molecule has 2 nitrogen and oxygen atoms in total. The summed E-state index contributed by atoms with van der Waals surface area (Å²) in [5, 5.41) is 3.44. The Labute approximate surface area is 109 Å². The third-order valence-electron chi connectivity index (χ3n) is 3.51. The number of aryl methyl sites for hydroxylation is 1. The van der Waals surface area contributed by atoms with Gasteiger partial charge < -0.3 is 5.32 Å². The molecule has 1 aromatic rings. The molecule has 1 atom stereocenters. The van der Waals surface area contributed by atoms with E-state index in [-0.39, 0.29) is 0 Å². The first-order valence-corrected chi connectivity index (χ1v) is 7.64. The Morgan fingerprint density at radius 2 is 2.12 bits per heavy atom. The lowest BCUT2D eigenvalue weighted by molar-refractivity contribution is 0.165. The van der Waals surface area contributed by atoms with Crippen LogP contribution in [0.5, 0.6) is 0 Å². The summed E-state index contributed by atoms with van der Waals surface area (Å²) in [7, 11) is 0. The number of rotatable bonds is 5. The van der Waals surface area contributed by atoms with Crippen LogP contribution in [0.15, 0.2) is 12.1 Å². The van der Waals surface area contributed by atoms with Crippen molar-refractivity contribution in [2.24, 2.45) is 0 Å². The van der Waals surface area contributed by atoms with E-state index in [1.165, 1.54) is 37.2 Å². The molecule has 1 N–H and O–H groups in total. The number of thiophene rings is 1. The van der Waals surface area contributed by atoms with Crippen molar-refractivity contribution in [1.82, 2.24) is 10.2 Å². The first-order chi connectivity index (χ1) is 8.31. The maximum absolute atomic E-state index is 3.44. The molecule has 0 amide bonds. The molecule has 1 aliphatic heterocycles. The van der Waals surface area contributed by atoms with E-state index in [9.17, 15) is 0 Å². The molecule has 0 radical (unpaired) electrons. The Hall–Kier alpha value is -0.380. The zero-order valence-corrected chi connectivity index (χ0v) is 11.9. The van der Waals surface area contributed by atoms with E-state index in [1.54, 1.807) is 4.88 Å². The van der Waals surface area contributed by atoms with Crippen molar-refractivity contribution < 1.29 is 0 Å². The van der Waals surface area contributed by atoms with Gasteiger partial charge in [0, 0.05) is 42.0 Å². The van der Waals surface area contributed by atoms with Gasteiger partial charge in [0.2, 0.25) is 0 Å². The first-order valence-electron chi connectivity index (χ1n) is 6.82. The second kappa shape index (κ2) is 6.53. The van der Waals surface area contributed by atoms with Crippen molar-refractivity contribution in [2.45, 2.75) is 39.2 Å². The smallest absolute Gasteiger partial charge is 0.0442 e. The van der Waals surface area contributed by atoms with E-state index >= 15 is 0 Å². The summed E-state index contributed by atoms with van der Waals surface area (Å²) >= 11 is 1.98. The number of nitrogens with zero attached hydrogens (tertiary/aromatic N) is 1. The molecule has 1 aliphatic rings. The Balaban J connectivity index is 2.06. The fourth-order valence-corrected chi connectivity index (χ4v) is 3.58. The van der Waals surface area contributed by atoms with Crippen LogP contribution in [-0.4, -0.2) is 31.1 Å². The van der Waals surface area contributed by atoms with Gasteiger partial charge in [-0.2, -0.15) is 0 Å². The summed E-state index contributed by atoms with van der Waals surface area (Å²) in [6.45, 7) is 9.19. The number of nitrogens with one attached hydrogen (secondary N) is 1. The van der Waals surface area contributed by atoms with Crippen LogP contribution in [0.2, 0.25) is 0 Å². The Morgan fingerprint density at radius 3 is 2.71 bits per heavy atom. The normalized spacial score (nSPS) is 19.4. The lowest BCUT2D eigenvalue weighted by Crippen LogP contribution is -2.45. The van der Waals surface area contributed by atoms with Crippen molar-refractivity contribution in [3.63, 3.8) is 0 Å². The van der Waals surface area contributed by atoms with E-state index in [2.05, 4.69) is 36.2 Å². The Morgan fingerprint density at radius 1 is 1.35 bits per heavy atom. The largest absolute Gasteiger partial charge is 0.314 e. The average Bonchev–Trinajstić information content (AvgIpc) is 2.78. The van der Waals surface area contributed by atoms with Gasteiger partial charge in [-0.1, -0.05) is 19.8 Å². The number of hydrogen-bond acceptors (Lipinski definition) is 3. The second-order valence-corrected chi connectivity index (χ2v) is 6.21. The maximum Gasteiger partial charge on any atom is 0.0442 e. The van der Waals surface area contributed by atoms with Crippen LogP contribution in [0.4, 0.5) is 0 Å². The summed E-state index contributed by atoms with van der Waals surface area (Å²) < 4.78 is 0. The zero-order valence-electron chi connectivity index (χ0n) is 11.0. The zero-order chi connectivity index (χ0) is 12.1. The van der Waals surface area contributed by atoms with Crippen LogP contribution < -0.4 is 5.32 Å². The molecule has 1 fully saturated rings. The van der Waals surface area contributed by atoms with E-state index in [4.69, 9.17) is 0 Å². The second-order valence-electron chi connectivity index (χ2n) is 4.89. The fraction of sp³-hybridized carbons (Fsp3) is 0.714. The molecule has 1 aromatic heterocycles. The van der Waals surface area contributed by atoms with Gasteiger partial charge in [0.05, 0.1) is 0 Å². The quantitative estimate of drug-likeness (QED) is 0.866. The highest BCUT2D eigenvalue weighted by Crippen LogP contribution is 2.31. The van der Waals surface area contributed by atoms with Gasteiger partial charge >= 0.3 is 0 Å². The van der Waals surface area contributed by atoms with Gasteiger partial charge in [-0.25, -0.2) is 0 Å². The molecule has 0 saturated carbocycles. The number of unbranched alkanes of at least 4 members (excludes halogenated alkanes) is 1. The van der Waals surface area contributed by atoms with E-state index < -0.39 is 0 Å². The lowest BCUT2D eigenvalue weighted by atomic mass is 10.1. The summed E-state index contributed by atoms with van der Waals surface area (Å²) in [5.41, 5.74) is 0. The molecule has 96 valence electrons. The van der Waals surface area contributed by atoms with Crippen molar-refractivity contribution in [1.29, 1.82) is 0 Å². The monoisotopic (exact) mass is 252 g/mol. The maximum atomic E-state index is 3.44. The van der Waals surface area contributed by atoms with Crippen molar-refractivity contribution in [2.75, 3.05) is 26.2 Å². The molecule has 0 bridgehead atoms. The van der Waals surface area contributed by atoms with Crippen LogP contribution in [0.3, 0.4) is 0 Å². The topological polar surface area (TPSA) is 15.3 Å². The molecule has 3 heteroatoms. The predicted octanol–water partition coefficient (Wildman–Crippen LogP) is 3.19. The Kier molecular flexibility index (Phi) is 5.01. The van der Waals surface area contributed by atoms with Gasteiger partial charge in [-0.15, -0.1) is 11.3 Å². The molecule has 2 heterocycles.